The van der Waals surface area contributed by atoms with E-state index in [1.54, 1.807) is 0 Å². The number of hydrogen-bond acceptors (Lipinski definition) is 2. The van der Waals surface area contributed by atoms with Crippen LogP contribution in [0.1, 0.15) is 37.8 Å². The molecule has 0 unspecified atom stereocenters. The number of carbonyl (C=O) groups excluding carboxylic acids is 1. The first-order valence-electron chi connectivity index (χ1n) is 7.17. The number of nitrogens with zero attached hydrogens (tertiary/aromatic N) is 1. The molecule has 0 bridgehead atoms. The van der Waals surface area contributed by atoms with Crippen LogP contribution >= 0.6 is 0 Å². The average Bonchev–Trinajstić information content (AvgIpc) is 3.21. The van der Waals surface area contributed by atoms with Gasteiger partial charge in [-0.2, -0.15) is 0 Å². The maximum Gasteiger partial charge on any atom is 0.227 e. The van der Waals surface area contributed by atoms with E-state index in [0.717, 1.165) is 17.7 Å². The lowest BCUT2D eigenvalue weighted by molar-refractivity contribution is -0.131. The summed E-state index contributed by atoms with van der Waals surface area (Å²) >= 11 is 0. The Labute approximate surface area is 115 Å². The summed E-state index contributed by atoms with van der Waals surface area (Å²) < 4.78 is 0. The van der Waals surface area contributed by atoms with Crippen molar-refractivity contribution in [3.8, 4) is 0 Å². The van der Waals surface area contributed by atoms with E-state index in [-0.39, 0.29) is 5.91 Å². The first-order valence-corrected chi connectivity index (χ1v) is 7.17. The summed E-state index contributed by atoms with van der Waals surface area (Å²) in [6, 6.07) is 8.54. The van der Waals surface area contributed by atoms with E-state index in [1.165, 1.54) is 12.8 Å². The molecule has 0 heterocycles. The average molecular weight is 260 g/mol. The monoisotopic (exact) mass is 260 g/mol. The maximum absolute atomic E-state index is 12.4. The minimum atomic E-state index is 0.261. The molecule has 1 aliphatic carbocycles. The lowest BCUT2D eigenvalue weighted by atomic mass is 10.1. The fourth-order valence-electron chi connectivity index (χ4n) is 2.30. The van der Waals surface area contributed by atoms with Crippen molar-refractivity contribution in [1.82, 2.24) is 4.90 Å². The fraction of sp³-hybridized carbons (Fsp3) is 0.562. The highest BCUT2D eigenvalue weighted by Crippen LogP contribution is 2.28. The van der Waals surface area contributed by atoms with Crippen LogP contribution in [-0.2, 0) is 17.8 Å². The van der Waals surface area contributed by atoms with Crippen LogP contribution in [0.3, 0.4) is 0 Å². The van der Waals surface area contributed by atoms with Gasteiger partial charge in [-0.15, -0.1) is 0 Å². The Morgan fingerprint density at radius 2 is 1.84 bits per heavy atom. The Morgan fingerprint density at radius 1 is 1.26 bits per heavy atom. The Kier molecular flexibility index (Phi) is 4.59. The molecule has 1 aromatic carbocycles. The predicted molar refractivity (Wildman–Crippen MR) is 77.6 cm³/mol. The molecule has 0 saturated heterocycles. The fourth-order valence-corrected chi connectivity index (χ4v) is 2.30. The zero-order chi connectivity index (χ0) is 13.8. The number of rotatable bonds is 6. The van der Waals surface area contributed by atoms with Crippen molar-refractivity contribution in [2.24, 2.45) is 11.7 Å². The van der Waals surface area contributed by atoms with Gasteiger partial charge in [0.05, 0.1) is 6.42 Å². The van der Waals surface area contributed by atoms with E-state index in [2.05, 4.69) is 18.7 Å². The van der Waals surface area contributed by atoms with E-state index in [0.29, 0.717) is 24.9 Å². The second-order valence-electron chi connectivity index (χ2n) is 5.87. The van der Waals surface area contributed by atoms with Gasteiger partial charge in [-0.05, 0) is 29.9 Å². The predicted octanol–water partition coefficient (Wildman–Crippen LogP) is 2.33. The van der Waals surface area contributed by atoms with E-state index >= 15 is 0 Å². The van der Waals surface area contributed by atoms with Crippen molar-refractivity contribution in [2.75, 3.05) is 6.54 Å². The van der Waals surface area contributed by atoms with Gasteiger partial charge < -0.3 is 10.6 Å². The smallest absolute Gasteiger partial charge is 0.227 e. The molecule has 2 N–H and O–H groups in total. The van der Waals surface area contributed by atoms with Crippen molar-refractivity contribution in [3.05, 3.63) is 35.4 Å². The minimum absolute atomic E-state index is 0.261. The first-order chi connectivity index (χ1) is 9.10. The van der Waals surface area contributed by atoms with Crippen LogP contribution in [0.5, 0.6) is 0 Å². The molecule has 0 aromatic heterocycles. The minimum Gasteiger partial charge on any atom is -0.339 e. The normalized spacial score (nSPS) is 14.7. The molecule has 1 saturated carbocycles. The van der Waals surface area contributed by atoms with Crippen molar-refractivity contribution >= 4 is 5.91 Å². The molecule has 1 amide bonds. The van der Waals surface area contributed by atoms with E-state index < -0.39 is 0 Å². The van der Waals surface area contributed by atoms with Crippen molar-refractivity contribution in [3.63, 3.8) is 0 Å². The van der Waals surface area contributed by atoms with Gasteiger partial charge in [-0.25, -0.2) is 0 Å². The van der Waals surface area contributed by atoms with E-state index in [4.69, 9.17) is 5.73 Å². The molecule has 1 aliphatic rings. The van der Waals surface area contributed by atoms with Gasteiger partial charge in [0, 0.05) is 19.1 Å². The van der Waals surface area contributed by atoms with Crippen molar-refractivity contribution < 1.29 is 4.79 Å². The van der Waals surface area contributed by atoms with Gasteiger partial charge in [-0.1, -0.05) is 38.1 Å². The van der Waals surface area contributed by atoms with Crippen LogP contribution in [0.15, 0.2) is 24.3 Å². The van der Waals surface area contributed by atoms with Crippen LogP contribution < -0.4 is 5.73 Å². The quantitative estimate of drug-likeness (QED) is 0.853. The molecule has 1 fully saturated rings. The van der Waals surface area contributed by atoms with Crippen LogP contribution in [0.4, 0.5) is 0 Å². The lowest BCUT2D eigenvalue weighted by Crippen LogP contribution is -2.37. The van der Waals surface area contributed by atoms with Gasteiger partial charge in [0.2, 0.25) is 5.91 Å². The lowest BCUT2D eigenvalue weighted by Gasteiger charge is -2.24. The Hall–Kier alpha value is -1.35. The summed E-state index contributed by atoms with van der Waals surface area (Å²) in [4.78, 5) is 14.5. The molecule has 0 aliphatic heterocycles. The van der Waals surface area contributed by atoms with Crippen LogP contribution in [0.25, 0.3) is 0 Å². The third kappa shape index (κ3) is 4.06. The molecule has 2 rings (SSSR count). The van der Waals surface area contributed by atoms with Gasteiger partial charge >= 0.3 is 0 Å². The molecule has 0 radical (unpaired) electrons. The molecular formula is C16H24N2O. The summed E-state index contributed by atoms with van der Waals surface area (Å²) in [7, 11) is 0. The van der Waals surface area contributed by atoms with Crippen LogP contribution in [0.2, 0.25) is 0 Å². The Morgan fingerprint density at radius 3 is 2.32 bits per heavy atom. The summed E-state index contributed by atoms with van der Waals surface area (Å²) in [5.41, 5.74) is 7.77. The molecule has 1 aromatic rings. The van der Waals surface area contributed by atoms with E-state index in [1.807, 2.05) is 24.3 Å². The SMILES string of the molecule is CC(C)CN(C(=O)Cc1ccc(CN)cc1)C1CC1. The highest BCUT2D eigenvalue weighted by atomic mass is 16.2. The zero-order valence-electron chi connectivity index (χ0n) is 11.9. The second kappa shape index (κ2) is 6.20. The summed E-state index contributed by atoms with van der Waals surface area (Å²) in [6.07, 6.45) is 2.85. The highest BCUT2D eigenvalue weighted by molar-refractivity contribution is 5.79. The number of benzene rings is 1. The van der Waals surface area contributed by atoms with Crippen LogP contribution in [-0.4, -0.2) is 23.4 Å². The number of hydrogen-bond donors (Lipinski definition) is 1. The van der Waals surface area contributed by atoms with Crippen LogP contribution in [0, 0.1) is 5.92 Å². The zero-order valence-corrected chi connectivity index (χ0v) is 11.9. The first kappa shape index (κ1) is 14.1. The van der Waals surface area contributed by atoms with E-state index in [9.17, 15) is 4.79 Å². The summed E-state index contributed by atoms with van der Waals surface area (Å²) in [6.45, 7) is 5.76. The van der Waals surface area contributed by atoms with Crippen molar-refractivity contribution in [2.45, 2.75) is 45.7 Å². The van der Waals surface area contributed by atoms with Crippen molar-refractivity contribution in [1.29, 1.82) is 0 Å². The number of carbonyl (C=O) groups is 1. The van der Waals surface area contributed by atoms with Gasteiger partial charge in [0.25, 0.3) is 0 Å². The molecular weight excluding hydrogens is 236 g/mol. The van der Waals surface area contributed by atoms with Gasteiger partial charge in [0.15, 0.2) is 0 Å². The third-order valence-electron chi connectivity index (χ3n) is 3.48. The Bertz CT molecular complexity index is 421. The molecule has 3 nitrogen and oxygen atoms in total. The molecule has 0 atom stereocenters. The second-order valence-corrected chi connectivity index (χ2v) is 5.87. The standard InChI is InChI=1S/C16H24N2O/c1-12(2)11-18(15-7-8-15)16(19)9-13-3-5-14(10-17)6-4-13/h3-6,12,15H,7-11,17H2,1-2H3. The summed E-state index contributed by atoms with van der Waals surface area (Å²) in [5.74, 6) is 0.792. The third-order valence-corrected chi connectivity index (χ3v) is 3.48. The Balaban J connectivity index is 1.97. The highest BCUT2D eigenvalue weighted by Gasteiger charge is 2.32. The number of amides is 1. The molecule has 104 valence electrons. The molecule has 3 heteroatoms. The maximum atomic E-state index is 12.4. The van der Waals surface area contributed by atoms with Gasteiger partial charge in [-0.3, -0.25) is 4.79 Å². The largest absolute Gasteiger partial charge is 0.339 e. The van der Waals surface area contributed by atoms with Gasteiger partial charge in [0.1, 0.15) is 0 Å². The molecule has 19 heavy (non-hydrogen) atoms. The molecule has 0 spiro atoms. The summed E-state index contributed by atoms with van der Waals surface area (Å²) in [5, 5.41) is 0. The topological polar surface area (TPSA) is 46.3 Å². The number of nitrogens with two attached hydrogens (primary N) is 1.